The molecule has 0 radical (unpaired) electrons. The molecule has 0 spiro atoms. The van der Waals surface area contributed by atoms with Crippen molar-refractivity contribution in [2.75, 3.05) is 6.61 Å². The van der Waals surface area contributed by atoms with Crippen molar-refractivity contribution in [3.63, 3.8) is 0 Å². The second-order valence-corrected chi connectivity index (χ2v) is 4.31. The number of nitro groups is 1. The van der Waals surface area contributed by atoms with Crippen LogP contribution in [0.5, 0.6) is 5.75 Å². The smallest absolute Gasteiger partial charge is 0.311 e. The van der Waals surface area contributed by atoms with Gasteiger partial charge in [0.2, 0.25) is 0 Å². The van der Waals surface area contributed by atoms with E-state index < -0.39 is 4.92 Å². The van der Waals surface area contributed by atoms with E-state index in [0.29, 0.717) is 18.8 Å². The van der Waals surface area contributed by atoms with Crippen molar-refractivity contribution in [2.45, 2.75) is 26.7 Å². The Labute approximate surface area is 106 Å². The number of carbonyl (C=O) groups is 1. The number of nitro benzene ring substituents is 1. The van der Waals surface area contributed by atoms with Crippen LogP contribution in [0.2, 0.25) is 0 Å². The minimum atomic E-state index is -0.535. The first-order valence-corrected chi connectivity index (χ1v) is 5.94. The highest BCUT2D eigenvalue weighted by molar-refractivity contribution is 5.77. The minimum Gasteiger partial charge on any atom is -0.487 e. The van der Waals surface area contributed by atoms with Gasteiger partial charge in [-0.3, -0.25) is 14.9 Å². The molecule has 0 saturated carbocycles. The lowest BCUT2D eigenvalue weighted by Crippen LogP contribution is -2.09. The fourth-order valence-corrected chi connectivity index (χ4v) is 1.68. The quantitative estimate of drug-likeness (QED) is 0.424. The van der Waals surface area contributed by atoms with Crippen LogP contribution in [-0.2, 0) is 0 Å². The SMILES string of the molecule is CCCC(C)COc1ccc(C=O)cc1[N+](=O)[O-]. The van der Waals surface area contributed by atoms with Gasteiger partial charge in [-0.2, -0.15) is 0 Å². The zero-order valence-electron chi connectivity index (χ0n) is 10.6. The van der Waals surface area contributed by atoms with Gasteiger partial charge in [-0.25, -0.2) is 0 Å². The van der Waals surface area contributed by atoms with Crippen LogP contribution >= 0.6 is 0 Å². The van der Waals surface area contributed by atoms with E-state index in [0.717, 1.165) is 12.8 Å². The zero-order valence-corrected chi connectivity index (χ0v) is 10.6. The van der Waals surface area contributed by atoms with Gasteiger partial charge in [-0.15, -0.1) is 0 Å². The molecule has 98 valence electrons. The monoisotopic (exact) mass is 251 g/mol. The van der Waals surface area contributed by atoms with Crippen LogP contribution in [0.3, 0.4) is 0 Å². The average molecular weight is 251 g/mol. The predicted molar refractivity (Wildman–Crippen MR) is 68.1 cm³/mol. The normalized spacial score (nSPS) is 11.9. The Morgan fingerprint density at radius 1 is 1.50 bits per heavy atom. The molecule has 0 saturated heterocycles. The summed E-state index contributed by atoms with van der Waals surface area (Å²) in [5.41, 5.74) is 0.110. The Bertz CT molecular complexity index is 431. The molecule has 0 aliphatic heterocycles. The highest BCUT2D eigenvalue weighted by atomic mass is 16.6. The van der Waals surface area contributed by atoms with E-state index in [2.05, 4.69) is 6.92 Å². The maximum atomic E-state index is 10.9. The van der Waals surface area contributed by atoms with Crippen molar-refractivity contribution in [2.24, 2.45) is 5.92 Å². The molecule has 0 fully saturated rings. The topological polar surface area (TPSA) is 69.4 Å². The Morgan fingerprint density at radius 3 is 2.78 bits per heavy atom. The molecule has 1 aromatic rings. The van der Waals surface area contributed by atoms with E-state index in [1.807, 2.05) is 6.92 Å². The summed E-state index contributed by atoms with van der Waals surface area (Å²) in [6.07, 6.45) is 2.65. The molecule has 0 aliphatic rings. The van der Waals surface area contributed by atoms with E-state index in [1.165, 1.54) is 18.2 Å². The van der Waals surface area contributed by atoms with Crippen LogP contribution < -0.4 is 4.74 Å². The lowest BCUT2D eigenvalue weighted by Gasteiger charge is -2.12. The van der Waals surface area contributed by atoms with Gasteiger partial charge >= 0.3 is 5.69 Å². The van der Waals surface area contributed by atoms with Crippen LogP contribution in [0, 0.1) is 16.0 Å². The van der Waals surface area contributed by atoms with E-state index in [-0.39, 0.29) is 17.0 Å². The lowest BCUT2D eigenvalue weighted by molar-refractivity contribution is -0.385. The largest absolute Gasteiger partial charge is 0.487 e. The van der Waals surface area contributed by atoms with Crippen molar-refractivity contribution in [1.82, 2.24) is 0 Å². The third-order valence-corrected chi connectivity index (χ3v) is 2.62. The van der Waals surface area contributed by atoms with Crippen LogP contribution in [0.4, 0.5) is 5.69 Å². The maximum absolute atomic E-state index is 10.9. The van der Waals surface area contributed by atoms with Gasteiger partial charge in [0.25, 0.3) is 0 Å². The number of hydrogen-bond donors (Lipinski definition) is 0. The number of aldehydes is 1. The van der Waals surface area contributed by atoms with Gasteiger partial charge in [-0.1, -0.05) is 20.3 Å². The molecular formula is C13H17NO4. The van der Waals surface area contributed by atoms with Crippen molar-refractivity contribution in [3.05, 3.63) is 33.9 Å². The molecule has 1 atom stereocenters. The molecule has 5 heteroatoms. The number of rotatable bonds is 7. The van der Waals surface area contributed by atoms with Gasteiger partial charge in [0, 0.05) is 11.6 Å². The standard InChI is InChI=1S/C13H17NO4/c1-3-4-10(2)9-18-13-6-5-11(8-15)7-12(13)14(16)17/h5-8,10H,3-4,9H2,1-2H3. The van der Waals surface area contributed by atoms with Crippen LogP contribution in [0.1, 0.15) is 37.0 Å². The van der Waals surface area contributed by atoms with Crippen molar-refractivity contribution in [3.8, 4) is 5.75 Å². The third kappa shape index (κ3) is 3.84. The first-order valence-electron chi connectivity index (χ1n) is 5.94. The number of benzene rings is 1. The van der Waals surface area contributed by atoms with Gasteiger partial charge in [0.15, 0.2) is 5.75 Å². The summed E-state index contributed by atoms with van der Waals surface area (Å²) >= 11 is 0. The molecule has 0 heterocycles. The van der Waals surface area contributed by atoms with Crippen molar-refractivity contribution < 1.29 is 14.5 Å². The highest BCUT2D eigenvalue weighted by Gasteiger charge is 2.16. The van der Waals surface area contributed by atoms with Crippen LogP contribution in [-0.4, -0.2) is 17.8 Å². The van der Waals surface area contributed by atoms with Crippen LogP contribution in [0.15, 0.2) is 18.2 Å². The molecular weight excluding hydrogens is 234 g/mol. The van der Waals surface area contributed by atoms with Gasteiger partial charge in [0.05, 0.1) is 11.5 Å². The first-order chi connectivity index (χ1) is 8.58. The summed E-state index contributed by atoms with van der Waals surface area (Å²) < 4.78 is 5.45. The molecule has 1 unspecified atom stereocenters. The summed E-state index contributed by atoms with van der Waals surface area (Å²) in [7, 11) is 0. The van der Waals surface area contributed by atoms with E-state index in [1.54, 1.807) is 0 Å². The minimum absolute atomic E-state index is 0.164. The van der Waals surface area contributed by atoms with Crippen LogP contribution in [0.25, 0.3) is 0 Å². The highest BCUT2D eigenvalue weighted by Crippen LogP contribution is 2.28. The maximum Gasteiger partial charge on any atom is 0.311 e. The molecule has 5 nitrogen and oxygen atoms in total. The Kier molecular flexibility index (Phi) is 5.30. The summed E-state index contributed by atoms with van der Waals surface area (Å²) in [4.78, 5) is 20.9. The lowest BCUT2D eigenvalue weighted by atomic mass is 10.1. The van der Waals surface area contributed by atoms with E-state index >= 15 is 0 Å². The molecule has 1 rings (SSSR count). The number of nitrogens with zero attached hydrogens (tertiary/aromatic N) is 1. The summed E-state index contributed by atoms with van der Waals surface area (Å²) in [5.74, 6) is 0.564. The van der Waals surface area contributed by atoms with Crippen molar-refractivity contribution in [1.29, 1.82) is 0 Å². The molecule has 0 amide bonds. The average Bonchev–Trinajstić information content (AvgIpc) is 2.36. The van der Waals surface area contributed by atoms with Gasteiger partial charge in [-0.05, 0) is 24.5 Å². The van der Waals surface area contributed by atoms with Gasteiger partial charge in [0.1, 0.15) is 6.29 Å². The molecule has 0 N–H and O–H groups in total. The Balaban J connectivity index is 2.81. The second kappa shape index (κ2) is 6.74. The van der Waals surface area contributed by atoms with Crippen molar-refractivity contribution >= 4 is 12.0 Å². The fourth-order valence-electron chi connectivity index (χ4n) is 1.68. The van der Waals surface area contributed by atoms with E-state index in [4.69, 9.17) is 4.74 Å². The number of ether oxygens (including phenoxy) is 1. The first kappa shape index (κ1) is 14.2. The van der Waals surface area contributed by atoms with Gasteiger partial charge < -0.3 is 4.74 Å². The summed E-state index contributed by atoms with van der Waals surface area (Å²) in [6, 6.07) is 4.22. The predicted octanol–water partition coefficient (Wildman–Crippen LogP) is 3.22. The molecule has 0 aromatic heterocycles. The zero-order chi connectivity index (χ0) is 13.5. The summed E-state index contributed by atoms with van der Waals surface area (Å²) in [5, 5.41) is 10.9. The molecule has 18 heavy (non-hydrogen) atoms. The number of hydrogen-bond acceptors (Lipinski definition) is 4. The Hall–Kier alpha value is -1.91. The molecule has 0 aliphatic carbocycles. The molecule has 0 bridgehead atoms. The fraction of sp³-hybridized carbons (Fsp3) is 0.462. The summed E-state index contributed by atoms with van der Waals surface area (Å²) in [6.45, 7) is 4.56. The van der Waals surface area contributed by atoms with E-state index in [9.17, 15) is 14.9 Å². The third-order valence-electron chi connectivity index (χ3n) is 2.62. The number of carbonyl (C=O) groups excluding carboxylic acids is 1. The molecule has 1 aromatic carbocycles. The second-order valence-electron chi connectivity index (χ2n) is 4.31. The Morgan fingerprint density at radius 2 is 2.22 bits per heavy atom.